The van der Waals surface area contributed by atoms with E-state index in [1.807, 2.05) is 6.07 Å². The fourth-order valence-electron chi connectivity index (χ4n) is 3.45. The first kappa shape index (κ1) is 12.9. The highest BCUT2D eigenvalue weighted by atomic mass is 19.1. The Bertz CT molecular complexity index is 463. The lowest BCUT2D eigenvalue weighted by atomic mass is 10.1. The predicted molar refractivity (Wildman–Crippen MR) is 75.3 cm³/mol. The fourth-order valence-corrected chi connectivity index (χ4v) is 3.45. The highest BCUT2D eigenvalue weighted by Crippen LogP contribution is 2.29. The van der Waals surface area contributed by atoms with E-state index < -0.39 is 0 Å². The maximum atomic E-state index is 13.5. The van der Waals surface area contributed by atoms with Crippen molar-refractivity contribution in [2.24, 2.45) is 0 Å². The fraction of sp³-hybridized carbons (Fsp3) is 0.600. The third-order valence-corrected chi connectivity index (χ3v) is 4.70. The minimum absolute atomic E-state index is 0.235. The van der Waals surface area contributed by atoms with Crippen LogP contribution >= 0.6 is 0 Å². The van der Waals surface area contributed by atoms with Crippen molar-refractivity contribution in [1.29, 1.82) is 0 Å². The van der Waals surface area contributed by atoms with Gasteiger partial charge in [0.1, 0.15) is 5.82 Å². The molecule has 3 nitrogen and oxygen atoms in total. The summed E-state index contributed by atoms with van der Waals surface area (Å²) in [4.78, 5) is 4.98. The summed E-state index contributed by atoms with van der Waals surface area (Å²) in [5.41, 5.74) is 6.77. The number of anilines is 1. The van der Waals surface area contributed by atoms with Crippen LogP contribution in [0.2, 0.25) is 0 Å². The van der Waals surface area contributed by atoms with Crippen LogP contribution in [0.25, 0.3) is 0 Å². The van der Waals surface area contributed by atoms with Crippen molar-refractivity contribution in [3.63, 3.8) is 0 Å². The van der Waals surface area contributed by atoms with E-state index in [0.717, 1.165) is 31.2 Å². The second-order valence-electron chi connectivity index (χ2n) is 5.93. The molecule has 19 heavy (non-hydrogen) atoms. The van der Waals surface area contributed by atoms with Crippen LogP contribution in [-0.4, -0.2) is 42.0 Å². The van der Waals surface area contributed by atoms with E-state index >= 15 is 0 Å². The van der Waals surface area contributed by atoms with Gasteiger partial charge in [0.15, 0.2) is 0 Å². The molecule has 2 heterocycles. The first-order valence-electron chi connectivity index (χ1n) is 7.11. The number of likely N-dealkylation sites (N-methyl/N-ethyl adjacent to an activating group) is 1. The largest absolute Gasteiger partial charge is 0.396 e. The van der Waals surface area contributed by atoms with Crippen molar-refractivity contribution >= 4 is 5.69 Å². The van der Waals surface area contributed by atoms with E-state index in [1.54, 1.807) is 12.1 Å². The lowest BCUT2D eigenvalue weighted by Gasteiger charge is -2.25. The molecular formula is C15H22FN3. The maximum absolute atomic E-state index is 13.5. The van der Waals surface area contributed by atoms with E-state index in [0.29, 0.717) is 6.04 Å². The lowest BCUT2D eigenvalue weighted by Crippen LogP contribution is -2.36. The van der Waals surface area contributed by atoms with E-state index in [4.69, 9.17) is 5.73 Å². The lowest BCUT2D eigenvalue weighted by molar-refractivity contribution is 0.214. The number of fused-ring (bicyclic) bond motifs is 2. The Labute approximate surface area is 114 Å². The number of nitrogens with zero attached hydrogens (tertiary/aromatic N) is 2. The third-order valence-electron chi connectivity index (χ3n) is 4.70. The van der Waals surface area contributed by atoms with Gasteiger partial charge < -0.3 is 5.73 Å². The molecule has 0 saturated carbocycles. The van der Waals surface area contributed by atoms with Gasteiger partial charge in [-0.3, -0.25) is 9.80 Å². The number of nitrogens with two attached hydrogens (primary N) is 1. The normalized spacial score (nSPS) is 28.5. The van der Waals surface area contributed by atoms with Gasteiger partial charge in [-0.05, 0) is 44.0 Å². The SMILES string of the molecule is CN1C2CCC1CN(Cc1ccc(N)c(F)c1)CC2. The molecule has 0 aliphatic carbocycles. The summed E-state index contributed by atoms with van der Waals surface area (Å²) in [7, 11) is 2.24. The minimum atomic E-state index is -0.300. The molecule has 2 saturated heterocycles. The van der Waals surface area contributed by atoms with Gasteiger partial charge in [-0.15, -0.1) is 0 Å². The van der Waals surface area contributed by atoms with E-state index in [2.05, 4.69) is 16.8 Å². The molecule has 2 fully saturated rings. The van der Waals surface area contributed by atoms with Gasteiger partial charge in [-0.2, -0.15) is 0 Å². The molecule has 0 radical (unpaired) electrons. The van der Waals surface area contributed by atoms with Gasteiger partial charge >= 0.3 is 0 Å². The number of likely N-dealkylation sites (tertiary alicyclic amines) is 1. The van der Waals surface area contributed by atoms with E-state index in [1.165, 1.54) is 19.3 Å². The molecule has 0 aromatic heterocycles. The molecule has 2 aliphatic rings. The van der Waals surface area contributed by atoms with Crippen molar-refractivity contribution in [3.05, 3.63) is 29.6 Å². The molecule has 1 aromatic carbocycles. The summed E-state index contributed by atoms with van der Waals surface area (Å²) in [6, 6.07) is 6.60. The van der Waals surface area contributed by atoms with Crippen molar-refractivity contribution in [1.82, 2.24) is 9.80 Å². The Morgan fingerprint density at radius 3 is 2.84 bits per heavy atom. The average Bonchev–Trinajstić information content (AvgIpc) is 2.62. The molecule has 2 atom stereocenters. The van der Waals surface area contributed by atoms with E-state index in [9.17, 15) is 4.39 Å². The number of hydrogen-bond donors (Lipinski definition) is 1. The van der Waals surface area contributed by atoms with Crippen LogP contribution in [0, 0.1) is 5.82 Å². The topological polar surface area (TPSA) is 32.5 Å². The molecule has 2 unspecified atom stereocenters. The predicted octanol–water partition coefficient (Wildman–Crippen LogP) is 2.08. The zero-order valence-corrected chi connectivity index (χ0v) is 11.5. The number of rotatable bonds is 2. The molecule has 4 heteroatoms. The van der Waals surface area contributed by atoms with Crippen molar-refractivity contribution in [2.75, 3.05) is 25.9 Å². The molecule has 3 rings (SSSR count). The summed E-state index contributed by atoms with van der Waals surface area (Å²) < 4.78 is 13.5. The number of halogens is 1. The monoisotopic (exact) mass is 263 g/mol. The van der Waals surface area contributed by atoms with Crippen LogP contribution in [0.5, 0.6) is 0 Å². The summed E-state index contributed by atoms with van der Waals surface area (Å²) in [6.45, 7) is 3.03. The van der Waals surface area contributed by atoms with Crippen LogP contribution in [-0.2, 0) is 6.54 Å². The van der Waals surface area contributed by atoms with Gasteiger partial charge in [0.25, 0.3) is 0 Å². The standard InChI is InChI=1S/C15H22FN3/c1-18-12-3-4-13(18)10-19(7-6-12)9-11-2-5-15(17)14(16)8-11/h2,5,8,12-13H,3-4,6-7,9-10,17H2,1H3. The Balaban J connectivity index is 1.68. The molecular weight excluding hydrogens is 241 g/mol. The molecule has 104 valence electrons. The minimum Gasteiger partial charge on any atom is -0.396 e. The van der Waals surface area contributed by atoms with Crippen LogP contribution < -0.4 is 5.73 Å². The number of benzene rings is 1. The van der Waals surface area contributed by atoms with Crippen molar-refractivity contribution in [2.45, 2.75) is 37.9 Å². The molecule has 1 aromatic rings. The van der Waals surface area contributed by atoms with Crippen LogP contribution in [0.3, 0.4) is 0 Å². The molecule has 2 bridgehead atoms. The van der Waals surface area contributed by atoms with Gasteiger partial charge in [-0.1, -0.05) is 6.07 Å². The van der Waals surface area contributed by atoms with E-state index in [-0.39, 0.29) is 11.5 Å². The number of nitrogen functional groups attached to an aromatic ring is 1. The quantitative estimate of drug-likeness (QED) is 0.829. The zero-order valence-electron chi connectivity index (χ0n) is 11.5. The second kappa shape index (κ2) is 5.10. The Morgan fingerprint density at radius 1 is 1.26 bits per heavy atom. The molecule has 2 aliphatic heterocycles. The highest BCUT2D eigenvalue weighted by Gasteiger charge is 2.34. The van der Waals surface area contributed by atoms with Crippen molar-refractivity contribution < 1.29 is 4.39 Å². The van der Waals surface area contributed by atoms with Crippen LogP contribution in [0.15, 0.2) is 18.2 Å². The van der Waals surface area contributed by atoms with Gasteiger partial charge in [0.05, 0.1) is 5.69 Å². The molecule has 0 amide bonds. The van der Waals surface area contributed by atoms with Gasteiger partial charge in [0.2, 0.25) is 0 Å². The summed E-state index contributed by atoms with van der Waals surface area (Å²) in [5.74, 6) is -0.300. The van der Waals surface area contributed by atoms with Crippen LogP contribution in [0.1, 0.15) is 24.8 Å². The molecule has 0 spiro atoms. The third kappa shape index (κ3) is 2.60. The first-order valence-corrected chi connectivity index (χ1v) is 7.11. The smallest absolute Gasteiger partial charge is 0.146 e. The second-order valence-corrected chi connectivity index (χ2v) is 5.93. The highest BCUT2D eigenvalue weighted by molar-refractivity contribution is 5.41. The van der Waals surface area contributed by atoms with Gasteiger partial charge in [0, 0.05) is 31.7 Å². The van der Waals surface area contributed by atoms with Crippen LogP contribution in [0.4, 0.5) is 10.1 Å². The van der Waals surface area contributed by atoms with Gasteiger partial charge in [-0.25, -0.2) is 4.39 Å². The summed E-state index contributed by atoms with van der Waals surface area (Å²) in [5, 5.41) is 0. The summed E-state index contributed by atoms with van der Waals surface area (Å²) >= 11 is 0. The number of hydrogen-bond acceptors (Lipinski definition) is 3. The Morgan fingerprint density at radius 2 is 2.05 bits per heavy atom. The Hall–Kier alpha value is -1.13. The summed E-state index contributed by atoms with van der Waals surface area (Å²) in [6.07, 6.45) is 3.86. The van der Waals surface area contributed by atoms with Crippen molar-refractivity contribution in [3.8, 4) is 0 Å². The molecule has 2 N–H and O–H groups in total. The Kier molecular flexibility index (Phi) is 3.46. The first-order chi connectivity index (χ1) is 9.13. The maximum Gasteiger partial charge on any atom is 0.146 e. The average molecular weight is 263 g/mol. The zero-order chi connectivity index (χ0) is 13.4.